The first-order valence-electron chi connectivity index (χ1n) is 5.01. The van der Waals surface area contributed by atoms with E-state index in [1.165, 1.54) is 0 Å². The molecule has 3 nitrogen and oxygen atoms in total. The molecule has 82 valence electrons. The number of carboxylic acid groups (broad SMARTS) is 1. The summed E-state index contributed by atoms with van der Waals surface area (Å²) in [6.07, 6.45) is -0.701. The molecule has 1 heterocycles. The maximum absolute atomic E-state index is 13.2. The Morgan fingerprint density at radius 2 is 2.21 bits per heavy atom. The predicted octanol–water partition coefficient (Wildman–Crippen LogP) is 1.86. The molecule has 0 aromatic rings. The third-order valence-electron chi connectivity index (χ3n) is 2.75. The van der Waals surface area contributed by atoms with Crippen LogP contribution < -0.4 is 0 Å². The van der Waals surface area contributed by atoms with Gasteiger partial charge in [-0.25, -0.2) is 9.18 Å². The molecule has 0 aliphatic carbocycles. The van der Waals surface area contributed by atoms with E-state index in [4.69, 9.17) is 9.84 Å². The van der Waals surface area contributed by atoms with E-state index in [-0.39, 0.29) is 12.0 Å². The molecule has 1 aliphatic rings. The van der Waals surface area contributed by atoms with Crippen molar-refractivity contribution in [2.45, 2.75) is 39.0 Å². The molecular formula is C10H17FO3. The van der Waals surface area contributed by atoms with Crippen molar-refractivity contribution in [2.24, 2.45) is 11.8 Å². The first kappa shape index (κ1) is 11.4. The molecule has 3 atom stereocenters. The summed E-state index contributed by atoms with van der Waals surface area (Å²) < 4.78 is 18.6. The second kappa shape index (κ2) is 4.73. The van der Waals surface area contributed by atoms with Crippen molar-refractivity contribution in [3.63, 3.8) is 0 Å². The lowest BCUT2D eigenvalue weighted by Crippen LogP contribution is -2.36. The summed E-state index contributed by atoms with van der Waals surface area (Å²) in [6.45, 7) is 4.48. The average molecular weight is 204 g/mol. The molecule has 0 aromatic heterocycles. The van der Waals surface area contributed by atoms with Gasteiger partial charge in [0, 0.05) is 12.5 Å². The third-order valence-corrected chi connectivity index (χ3v) is 2.75. The van der Waals surface area contributed by atoms with Gasteiger partial charge in [0.1, 0.15) is 0 Å². The summed E-state index contributed by atoms with van der Waals surface area (Å²) in [5.41, 5.74) is 0. The minimum absolute atomic E-state index is 0.00588. The molecule has 1 rings (SSSR count). The van der Waals surface area contributed by atoms with Gasteiger partial charge in [0.05, 0.1) is 6.10 Å². The number of carboxylic acids is 1. The van der Waals surface area contributed by atoms with E-state index in [1.807, 2.05) is 13.8 Å². The van der Waals surface area contributed by atoms with Crippen molar-refractivity contribution in [2.75, 3.05) is 6.61 Å². The van der Waals surface area contributed by atoms with E-state index in [0.29, 0.717) is 25.4 Å². The van der Waals surface area contributed by atoms with Gasteiger partial charge in [0.15, 0.2) is 6.17 Å². The van der Waals surface area contributed by atoms with Crippen molar-refractivity contribution < 1.29 is 19.0 Å². The summed E-state index contributed by atoms with van der Waals surface area (Å²) in [6, 6.07) is 0. The molecule has 1 saturated heterocycles. The van der Waals surface area contributed by atoms with Gasteiger partial charge < -0.3 is 9.84 Å². The molecule has 0 saturated carbocycles. The van der Waals surface area contributed by atoms with E-state index in [0.717, 1.165) is 0 Å². The molecule has 1 aliphatic heterocycles. The highest BCUT2D eigenvalue weighted by Crippen LogP contribution is 2.28. The molecule has 1 N–H and O–H groups in total. The molecule has 1 fully saturated rings. The fourth-order valence-electron chi connectivity index (χ4n) is 1.79. The quantitative estimate of drug-likeness (QED) is 0.763. The molecule has 4 heteroatoms. The zero-order valence-corrected chi connectivity index (χ0v) is 8.57. The molecular weight excluding hydrogens is 187 g/mol. The van der Waals surface area contributed by atoms with Crippen LogP contribution in [0.3, 0.4) is 0 Å². The Hall–Kier alpha value is -0.640. The second-order valence-electron chi connectivity index (χ2n) is 4.18. The van der Waals surface area contributed by atoms with E-state index < -0.39 is 12.1 Å². The summed E-state index contributed by atoms with van der Waals surface area (Å²) in [5.74, 6) is -1.41. The van der Waals surface area contributed by atoms with Crippen molar-refractivity contribution in [3.05, 3.63) is 0 Å². The zero-order chi connectivity index (χ0) is 10.7. The van der Waals surface area contributed by atoms with Crippen molar-refractivity contribution in [1.29, 1.82) is 0 Å². The number of ether oxygens (including phenoxy) is 1. The summed E-state index contributed by atoms with van der Waals surface area (Å²) >= 11 is 0. The summed E-state index contributed by atoms with van der Waals surface area (Å²) in [4.78, 5) is 10.5. The van der Waals surface area contributed by atoms with E-state index in [9.17, 15) is 9.18 Å². The first-order valence-corrected chi connectivity index (χ1v) is 5.01. The fraction of sp³-hybridized carbons (Fsp3) is 0.900. The van der Waals surface area contributed by atoms with Crippen LogP contribution in [0.15, 0.2) is 0 Å². The minimum atomic E-state index is -1.74. The lowest BCUT2D eigenvalue weighted by Gasteiger charge is -2.32. The average Bonchev–Trinajstić information content (AvgIpc) is 2.16. The second-order valence-corrected chi connectivity index (χ2v) is 4.18. The third kappa shape index (κ3) is 2.67. The summed E-state index contributed by atoms with van der Waals surface area (Å²) in [5, 5.41) is 8.54. The van der Waals surface area contributed by atoms with Crippen molar-refractivity contribution in [1.82, 2.24) is 0 Å². The van der Waals surface area contributed by atoms with Crippen LogP contribution in [0.2, 0.25) is 0 Å². The van der Waals surface area contributed by atoms with E-state index >= 15 is 0 Å². The van der Waals surface area contributed by atoms with Gasteiger partial charge in [-0.15, -0.1) is 0 Å². The lowest BCUT2D eigenvalue weighted by molar-refractivity contribution is -0.147. The molecule has 0 aromatic carbocycles. The number of halogens is 1. The highest BCUT2D eigenvalue weighted by Gasteiger charge is 2.34. The van der Waals surface area contributed by atoms with Crippen molar-refractivity contribution in [3.8, 4) is 0 Å². The van der Waals surface area contributed by atoms with Crippen LogP contribution >= 0.6 is 0 Å². The molecule has 0 spiro atoms. The van der Waals surface area contributed by atoms with Crippen LogP contribution in [0.1, 0.15) is 26.7 Å². The normalized spacial score (nSPS) is 30.3. The number of hydrogen-bond acceptors (Lipinski definition) is 2. The van der Waals surface area contributed by atoms with E-state index in [1.54, 1.807) is 0 Å². The Bertz CT molecular complexity index is 206. The van der Waals surface area contributed by atoms with Crippen LogP contribution in [-0.4, -0.2) is 30.0 Å². The SMILES string of the molecule is CC(C)C1CC(C(F)C(=O)O)CCO1. The number of alkyl halides is 1. The van der Waals surface area contributed by atoms with E-state index in [2.05, 4.69) is 0 Å². The Morgan fingerprint density at radius 3 is 2.71 bits per heavy atom. The highest BCUT2D eigenvalue weighted by atomic mass is 19.1. The van der Waals surface area contributed by atoms with Gasteiger partial charge >= 0.3 is 5.97 Å². The monoisotopic (exact) mass is 204 g/mol. The Morgan fingerprint density at radius 1 is 1.57 bits per heavy atom. The maximum Gasteiger partial charge on any atom is 0.338 e. The van der Waals surface area contributed by atoms with Gasteiger partial charge in [0.2, 0.25) is 0 Å². The van der Waals surface area contributed by atoms with Crippen LogP contribution in [0.4, 0.5) is 4.39 Å². The fourth-order valence-corrected chi connectivity index (χ4v) is 1.79. The molecule has 14 heavy (non-hydrogen) atoms. The molecule has 3 unspecified atom stereocenters. The topological polar surface area (TPSA) is 46.5 Å². The van der Waals surface area contributed by atoms with Gasteiger partial charge in [-0.05, 0) is 18.8 Å². The van der Waals surface area contributed by atoms with Crippen LogP contribution in [0, 0.1) is 11.8 Å². The lowest BCUT2D eigenvalue weighted by atomic mass is 9.87. The molecule has 0 bridgehead atoms. The number of hydrogen-bond donors (Lipinski definition) is 1. The van der Waals surface area contributed by atoms with Gasteiger partial charge in [-0.1, -0.05) is 13.8 Å². The number of aliphatic carboxylic acids is 1. The summed E-state index contributed by atoms with van der Waals surface area (Å²) in [7, 11) is 0. The largest absolute Gasteiger partial charge is 0.479 e. The van der Waals surface area contributed by atoms with Crippen LogP contribution in [-0.2, 0) is 9.53 Å². The van der Waals surface area contributed by atoms with Gasteiger partial charge in [-0.2, -0.15) is 0 Å². The minimum Gasteiger partial charge on any atom is -0.479 e. The Labute approximate surface area is 83.3 Å². The highest BCUT2D eigenvalue weighted by molar-refractivity contribution is 5.72. The number of carbonyl (C=O) groups is 1. The van der Waals surface area contributed by atoms with Crippen molar-refractivity contribution >= 4 is 5.97 Å². The standard InChI is InChI=1S/C10H17FO3/c1-6(2)8-5-7(3-4-14-8)9(11)10(12)13/h6-9H,3-5H2,1-2H3,(H,12,13). The van der Waals surface area contributed by atoms with Crippen LogP contribution in [0.25, 0.3) is 0 Å². The predicted molar refractivity (Wildman–Crippen MR) is 49.8 cm³/mol. The Balaban J connectivity index is 2.51. The van der Waals surface area contributed by atoms with Gasteiger partial charge in [-0.3, -0.25) is 0 Å². The Kier molecular flexibility index (Phi) is 3.86. The first-order chi connectivity index (χ1) is 6.52. The maximum atomic E-state index is 13.2. The smallest absolute Gasteiger partial charge is 0.338 e. The van der Waals surface area contributed by atoms with Crippen LogP contribution in [0.5, 0.6) is 0 Å². The molecule has 0 radical (unpaired) electrons. The van der Waals surface area contributed by atoms with Gasteiger partial charge in [0.25, 0.3) is 0 Å². The number of rotatable bonds is 3. The zero-order valence-electron chi connectivity index (χ0n) is 8.57. The molecule has 0 amide bonds.